The Morgan fingerprint density at radius 3 is 2.50 bits per heavy atom. The third-order valence-electron chi connectivity index (χ3n) is 3.17. The van der Waals surface area contributed by atoms with Crippen LogP contribution < -0.4 is 21.7 Å². The molecule has 0 radical (unpaired) electrons. The number of carbonyl (C=O) groups excluding carboxylic acids is 1. The summed E-state index contributed by atoms with van der Waals surface area (Å²) in [7, 11) is 1.66. The number of nitrogens with one attached hydrogen (secondary N) is 3. The Labute approximate surface area is 140 Å². The second-order valence-corrected chi connectivity index (χ2v) is 5.14. The van der Waals surface area contributed by atoms with Crippen molar-refractivity contribution in [1.29, 1.82) is 0 Å². The van der Waals surface area contributed by atoms with Crippen LogP contribution >= 0.6 is 0 Å². The second kappa shape index (κ2) is 8.68. The van der Waals surface area contributed by atoms with Crippen molar-refractivity contribution in [3.8, 4) is 0 Å². The molecule has 2 aromatic rings. The van der Waals surface area contributed by atoms with E-state index in [2.05, 4.69) is 25.9 Å². The predicted molar refractivity (Wildman–Crippen MR) is 95.5 cm³/mol. The summed E-state index contributed by atoms with van der Waals surface area (Å²) in [5.74, 6) is 0.991. The van der Waals surface area contributed by atoms with Gasteiger partial charge in [-0.25, -0.2) is 9.97 Å². The van der Waals surface area contributed by atoms with Gasteiger partial charge in [0, 0.05) is 38.6 Å². The highest BCUT2D eigenvalue weighted by Crippen LogP contribution is 2.26. The summed E-state index contributed by atoms with van der Waals surface area (Å²) in [5.41, 5.74) is 8.08. The Bertz CT molecular complexity index is 675. The molecule has 8 heteroatoms. The van der Waals surface area contributed by atoms with Gasteiger partial charge in [0.1, 0.15) is 12.0 Å². The minimum absolute atomic E-state index is 0.111. The lowest BCUT2D eigenvalue weighted by Crippen LogP contribution is -2.10. The molecule has 0 saturated heterocycles. The molecule has 5 N–H and O–H groups in total. The minimum atomic E-state index is -0.111. The summed E-state index contributed by atoms with van der Waals surface area (Å²) in [4.78, 5) is 19.3. The topological polar surface area (TPSA) is 114 Å². The molecule has 1 aromatic carbocycles. The van der Waals surface area contributed by atoms with Gasteiger partial charge in [0.05, 0.1) is 0 Å². The lowest BCUT2D eigenvalue weighted by molar-refractivity contribution is -0.114. The zero-order valence-electron chi connectivity index (χ0n) is 13.8. The van der Waals surface area contributed by atoms with Gasteiger partial charge in [0.25, 0.3) is 0 Å². The number of nitrogens with zero attached hydrogens (tertiary/aromatic N) is 2. The predicted octanol–water partition coefficient (Wildman–Crippen LogP) is 2.21. The number of hydrogen-bond donors (Lipinski definition) is 4. The van der Waals surface area contributed by atoms with Crippen LogP contribution in [0.3, 0.4) is 0 Å². The maximum absolute atomic E-state index is 11.0. The van der Waals surface area contributed by atoms with Crippen LogP contribution in [-0.2, 0) is 9.53 Å². The van der Waals surface area contributed by atoms with E-state index in [1.165, 1.54) is 13.3 Å². The number of nitrogen functional groups attached to an aromatic ring is 1. The SMILES string of the molecule is COCCCNc1ncnc(Nc2ccc(NC(C)=O)cc2)c1N. The first-order valence-electron chi connectivity index (χ1n) is 7.58. The molecule has 2 rings (SSSR count). The van der Waals surface area contributed by atoms with Gasteiger partial charge in [-0.15, -0.1) is 0 Å². The maximum atomic E-state index is 11.0. The van der Waals surface area contributed by atoms with E-state index < -0.39 is 0 Å². The van der Waals surface area contributed by atoms with Crippen LogP contribution in [-0.4, -0.2) is 36.1 Å². The number of anilines is 5. The molecule has 1 amide bonds. The van der Waals surface area contributed by atoms with Crippen molar-refractivity contribution >= 4 is 34.6 Å². The molecule has 128 valence electrons. The van der Waals surface area contributed by atoms with Crippen LogP contribution in [0, 0.1) is 0 Å². The molecule has 0 aliphatic heterocycles. The van der Waals surface area contributed by atoms with Crippen LogP contribution in [0.4, 0.5) is 28.7 Å². The van der Waals surface area contributed by atoms with Crippen molar-refractivity contribution in [3.63, 3.8) is 0 Å². The average Bonchev–Trinajstić information content (AvgIpc) is 2.56. The summed E-state index contributed by atoms with van der Waals surface area (Å²) in [6.07, 6.45) is 2.30. The van der Waals surface area contributed by atoms with E-state index in [4.69, 9.17) is 10.5 Å². The van der Waals surface area contributed by atoms with E-state index in [1.54, 1.807) is 19.2 Å². The molecule has 0 atom stereocenters. The van der Waals surface area contributed by atoms with Crippen molar-refractivity contribution in [3.05, 3.63) is 30.6 Å². The number of nitrogens with two attached hydrogens (primary N) is 1. The molecule has 1 aromatic heterocycles. The molecule has 0 fully saturated rings. The third kappa shape index (κ3) is 5.10. The highest BCUT2D eigenvalue weighted by molar-refractivity contribution is 5.89. The Kier molecular flexibility index (Phi) is 6.32. The van der Waals surface area contributed by atoms with Gasteiger partial charge in [0.2, 0.25) is 5.91 Å². The molecule has 1 heterocycles. The molecule has 0 saturated carbocycles. The van der Waals surface area contributed by atoms with Crippen molar-refractivity contribution < 1.29 is 9.53 Å². The van der Waals surface area contributed by atoms with Gasteiger partial charge in [-0.2, -0.15) is 0 Å². The van der Waals surface area contributed by atoms with E-state index in [-0.39, 0.29) is 5.91 Å². The number of benzene rings is 1. The second-order valence-electron chi connectivity index (χ2n) is 5.14. The summed E-state index contributed by atoms with van der Waals surface area (Å²) in [6, 6.07) is 7.26. The van der Waals surface area contributed by atoms with E-state index >= 15 is 0 Å². The van der Waals surface area contributed by atoms with Crippen LogP contribution in [0.5, 0.6) is 0 Å². The third-order valence-corrected chi connectivity index (χ3v) is 3.17. The molecule has 0 aliphatic carbocycles. The molecule has 0 bridgehead atoms. The average molecular weight is 330 g/mol. The van der Waals surface area contributed by atoms with Crippen LogP contribution in [0.15, 0.2) is 30.6 Å². The van der Waals surface area contributed by atoms with Gasteiger partial charge < -0.3 is 26.4 Å². The van der Waals surface area contributed by atoms with E-state index in [1.807, 2.05) is 12.1 Å². The van der Waals surface area contributed by atoms with Crippen molar-refractivity contribution in [1.82, 2.24) is 9.97 Å². The lowest BCUT2D eigenvalue weighted by atomic mass is 10.2. The Hall–Kier alpha value is -2.87. The normalized spacial score (nSPS) is 10.2. The fourth-order valence-electron chi connectivity index (χ4n) is 2.04. The van der Waals surface area contributed by atoms with Gasteiger partial charge in [-0.1, -0.05) is 0 Å². The first-order chi connectivity index (χ1) is 11.6. The summed E-state index contributed by atoms with van der Waals surface area (Å²) < 4.78 is 5.00. The largest absolute Gasteiger partial charge is 0.393 e. The van der Waals surface area contributed by atoms with Gasteiger partial charge >= 0.3 is 0 Å². The number of amides is 1. The summed E-state index contributed by atoms with van der Waals surface area (Å²) >= 11 is 0. The first kappa shape index (κ1) is 17.5. The Morgan fingerprint density at radius 2 is 1.83 bits per heavy atom. The van der Waals surface area contributed by atoms with Gasteiger partial charge in [-0.3, -0.25) is 4.79 Å². The maximum Gasteiger partial charge on any atom is 0.221 e. The van der Waals surface area contributed by atoms with Crippen LogP contribution in [0.2, 0.25) is 0 Å². The standard InChI is InChI=1S/C16H22N6O2/c1-11(23)21-12-4-6-13(7-5-12)22-16-14(17)15(19-10-20-16)18-8-3-9-24-2/h4-7,10H,3,8-9,17H2,1-2H3,(H,21,23)(H2,18,19,20,22). The van der Waals surface area contributed by atoms with Crippen LogP contribution in [0.25, 0.3) is 0 Å². The Morgan fingerprint density at radius 1 is 1.17 bits per heavy atom. The number of hydrogen-bond acceptors (Lipinski definition) is 7. The molecule has 8 nitrogen and oxygen atoms in total. The highest BCUT2D eigenvalue weighted by Gasteiger charge is 2.08. The molecule has 0 aliphatic rings. The summed E-state index contributed by atoms with van der Waals surface area (Å²) in [6.45, 7) is 2.85. The monoisotopic (exact) mass is 330 g/mol. The quantitative estimate of drug-likeness (QED) is 0.549. The highest BCUT2D eigenvalue weighted by atomic mass is 16.5. The Balaban J connectivity index is 2.02. The molecular weight excluding hydrogens is 308 g/mol. The number of ether oxygens (including phenoxy) is 1. The smallest absolute Gasteiger partial charge is 0.221 e. The number of carbonyl (C=O) groups is 1. The van der Waals surface area contributed by atoms with Gasteiger partial charge in [0.15, 0.2) is 11.6 Å². The summed E-state index contributed by atoms with van der Waals surface area (Å²) in [5, 5.41) is 9.01. The molecule has 0 spiro atoms. The van der Waals surface area contributed by atoms with E-state index in [0.29, 0.717) is 30.5 Å². The lowest BCUT2D eigenvalue weighted by Gasteiger charge is -2.12. The van der Waals surface area contributed by atoms with Crippen LogP contribution in [0.1, 0.15) is 13.3 Å². The van der Waals surface area contributed by atoms with Crippen molar-refractivity contribution in [2.75, 3.05) is 41.9 Å². The number of rotatable bonds is 8. The first-order valence-corrected chi connectivity index (χ1v) is 7.58. The number of aromatic nitrogens is 2. The van der Waals surface area contributed by atoms with Crippen molar-refractivity contribution in [2.24, 2.45) is 0 Å². The van der Waals surface area contributed by atoms with Crippen molar-refractivity contribution in [2.45, 2.75) is 13.3 Å². The molecule has 0 unspecified atom stereocenters. The zero-order chi connectivity index (χ0) is 17.4. The fraction of sp³-hybridized carbons (Fsp3) is 0.312. The zero-order valence-corrected chi connectivity index (χ0v) is 13.8. The van der Waals surface area contributed by atoms with E-state index in [0.717, 1.165) is 17.8 Å². The minimum Gasteiger partial charge on any atom is -0.393 e. The van der Waals surface area contributed by atoms with Gasteiger partial charge in [-0.05, 0) is 30.7 Å². The number of methoxy groups -OCH3 is 1. The van der Waals surface area contributed by atoms with E-state index in [9.17, 15) is 4.79 Å². The molecular formula is C16H22N6O2. The fourth-order valence-corrected chi connectivity index (χ4v) is 2.04. The molecule has 24 heavy (non-hydrogen) atoms.